The lowest BCUT2D eigenvalue weighted by Crippen LogP contribution is -2.32. The van der Waals surface area contributed by atoms with E-state index in [1.54, 1.807) is 24.3 Å². The molecule has 0 bridgehead atoms. The molecule has 24 heavy (non-hydrogen) atoms. The lowest BCUT2D eigenvalue weighted by Gasteiger charge is -2.13. The highest BCUT2D eigenvalue weighted by molar-refractivity contribution is 6.01. The Morgan fingerprint density at radius 2 is 1.88 bits per heavy atom. The standard InChI is InChI=1S/C20H19FN2O/c1-3-13(2)22-20(24)18-12-14-8-4-5-9-15(14)19(23-18)16-10-6-7-11-17(16)21/h4-13H,3H2,1-2H3,(H,22,24). The molecule has 0 saturated carbocycles. The molecule has 1 amide bonds. The summed E-state index contributed by atoms with van der Waals surface area (Å²) in [5, 5.41) is 4.59. The summed E-state index contributed by atoms with van der Waals surface area (Å²) in [6.07, 6.45) is 0.833. The molecule has 0 spiro atoms. The molecule has 4 heteroatoms. The van der Waals surface area contributed by atoms with Gasteiger partial charge in [0, 0.05) is 17.0 Å². The van der Waals surface area contributed by atoms with Crippen LogP contribution in [-0.2, 0) is 0 Å². The molecular weight excluding hydrogens is 303 g/mol. The molecule has 0 aliphatic rings. The lowest BCUT2D eigenvalue weighted by molar-refractivity contribution is 0.0934. The number of hydrogen-bond acceptors (Lipinski definition) is 2. The summed E-state index contributed by atoms with van der Waals surface area (Å²) in [5.41, 5.74) is 1.18. The van der Waals surface area contributed by atoms with Gasteiger partial charge in [0.2, 0.25) is 0 Å². The van der Waals surface area contributed by atoms with Crippen molar-refractivity contribution in [1.82, 2.24) is 10.3 Å². The number of pyridine rings is 1. The Bertz CT molecular complexity index is 892. The van der Waals surface area contributed by atoms with Crippen molar-refractivity contribution in [2.24, 2.45) is 0 Å². The van der Waals surface area contributed by atoms with Gasteiger partial charge in [0.1, 0.15) is 11.5 Å². The van der Waals surface area contributed by atoms with Gasteiger partial charge in [-0.2, -0.15) is 0 Å². The van der Waals surface area contributed by atoms with Gasteiger partial charge in [-0.25, -0.2) is 9.37 Å². The van der Waals surface area contributed by atoms with E-state index in [-0.39, 0.29) is 17.8 Å². The second kappa shape index (κ2) is 6.79. The molecule has 1 heterocycles. The normalized spacial score (nSPS) is 12.1. The zero-order valence-corrected chi connectivity index (χ0v) is 13.7. The highest BCUT2D eigenvalue weighted by Gasteiger charge is 2.16. The number of carbonyl (C=O) groups is 1. The van der Waals surface area contributed by atoms with Crippen LogP contribution in [-0.4, -0.2) is 16.9 Å². The van der Waals surface area contributed by atoms with Crippen LogP contribution in [0.1, 0.15) is 30.8 Å². The maximum Gasteiger partial charge on any atom is 0.270 e. The Morgan fingerprint density at radius 1 is 1.17 bits per heavy atom. The second-order valence-electron chi connectivity index (χ2n) is 5.84. The number of aromatic nitrogens is 1. The maximum atomic E-state index is 14.3. The van der Waals surface area contributed by atoms with Crippen molar-refractivity contribution in [2.45, 2.75) is 26.3 Å². The molecule has 0 fully saturated rings. The highest BCUT2D eigenvalue weighted by atomic mass is 19.1. The molecule has 3 nitrogen and oxygen atoms in total. The second-order valence-corrected chi connectivity index (χ2v) is 5.84. The van der Waals surface area contributed by atoms with Crippen LogP contribution >= 0.6 is 0 Å². The third-order valence-corrected chi connectivity index (χ3v) is 4.09. The van der Waals surface area contributed by atoms with Gasteiger partial charge in [-0.15, -0.1) is 0 Å². The molecule has 3 rings (SSSR count). The zero-order valence-electron chi connectivity index (χ0n) is 13.7. The first kappa shape index (κ1) is 16.1. The molecule has 0 radical (unpaired) electrons. The first-order valence-electron chi connectivity index (χ1n) is 8.05. The van der Waals surface area contributed by atoms with Crippen LogP contribution in [0.4, 0.5) is 4.39 Å². The van der Waals surface area contributed by atoms with Crippen LogP contribution in [0.15, 0.2) is 54.6 Å². The van der Waals surface area contributed by atoms with Crippen LogP contribution < -0.4 is 5.32 Å². The molecule has 1 N–H and O–H groups in total. The summed E-state index contributed by atoms with van der Waals surface area (Å²) in [7, 11) is 0. The number of fused-ring (bicyclic) bond motifs is 1. The fourth-order valence-corrected chi connectivity index (χ4v) is 2.57. The van der Waals surface area contributed by atoms with Gasteiger partial charge in [0.25, 0.3) is 5.91 Å². The van der Waals surface area contributed by atoms with Gasteiger partial charge in [-0.05, 0) is 36.9 Å². The minimum absolute atomic E-state index is 0.0580. The molecular formula is C20H19FN2O. The van der Waals surface area contributed by atoms with Crippen molar-refractivity contribution in [3.05, 3.63) is 66.1 Å². The summed E-state index contributed by atoms with van der Waals surface area (Å²) >= 11 is 0. The summed E-state index contributed by atoms with van der Waals surface area (Å²) < 4.78 is 14.3. The van der Waals surface area contributed by atoms with Crippen molar-refractivity contribution in [2.75, 3.05) is 0 Å². The number of carbonyl (C=O) groups excluding carboxylic acids is 1. The van der Waals surface area contributed by atoms with E-state index < -0.39 is 0 Å². The van der Waals surface area contributed by atoms with Gasteiger partial charge < -0.3 is 5.32 Å². The summed E-state index contributed by atoms with van der Waals surface area (Å²) in [4.78, 5) is 16.9. The number of nitrogens with zero attached hydrogens (tertiary/aromatic N) is 1. The summed E-state index contributed by atoms with van der Waals surface area (Å²) in [5.74, 6) is -0.595. The van der Waals surface area contributed by atoms with Gasteiger partial charge in [-0.1, -0.05) is 43.3 Å². The molecule has 0 saturated heterocycles. The Labute approximate surface area is 140 Å². The topological polar surface area (TPSA) is 42.0 Å². The maximum absolute atomic E-state index is 14.3. The fourth-order valence-electron chi connectivity index (χ4n) is 2.57. The molecule has 1 atom stereocenters. The molecule has 122 valence electrons. The SMILES string of the molecule is CCC(C)NC(=O)c1cc2ccccc2c(-c2ccccc2F)n1. The van der Waals surface area contributed by atoms with Crippen LogP contribution in [0.3, 0.4) is 0 Å². The van der Waals surface area contributed by atoms with Crippen molar-refractivity contribution in [1.29, 1.82) is 0 Å². The number of nitrogens with one attached hydrogen (secondary N) is 1. The predicted octanol–water partition coefficient (Wildman–Crippen LogP) is 4.57. The average Bonchev–Trinajstić information content (AvgIpc) is 2.61. The highest BCUT2D eigenvalue weighted by Crippen LogP contribution is 2.29. The van der Waals surface area contributed by atoms with Gasteiger partial charge >= 0.3 is 0 Å². The number of benzene rings is 2. The van der Waals surface area contributed by atoms with Crippen molar-refractivity contribution < 1.29 is 9.18 Å². The first-order valence-corrected chi connectivity index (χ1v) is 8.05. The monoisotopic (exact) mass is 322 g/mol. The van der Waals surface area contributed by atoms with E-state index >= 15 is 0 Å². The molecule has 2 aromatic carbocycles. The van der Waals surface area contributed by atoms with E-state index in [1.807, 2.05) is 38.1 Å². The van der Waals surface area contributed by atoms with Crippen molar-refractivity contribution in [3.8, 4) is 11.3 Å². The number of rotatable bonds is 4. The van der Waals surface area contributed by atoms with Crippen LogP contribution in [0.5, 0.6) is 0 Å². The Hall–Kier alpha value is -2.75. The number of hydrogen-bond donors (Lipinski definition) is 1. The van der Waals surface area contributed by atoms with E-state index in [0.29, 0.717) is 17.0 Å². The van der Waals surface area contributed by atoms with Crippen molar-refractivity contribution >= 4 is 16.7 Å². The van der Waals surface area contributed by atoms with E-state index in [2.05, 4.69) is 10.3 Å². The summed E-state index contributed by atoms with van der Waals surface area (Å²) in [6.45, 7) is 3.94. The zero-order chi connectivity index (χ0) is 17.1. The van der Waals surface area contributed by atoms with Gasteiger partial charge in [0.15, 0.2) is 0 Å². The minimum Gasteiger partial charge on any atom is -0.348 e. The smallest absolute Gasteiger partial charge is 0.270 e. The Balaban J connectivity index is 2.17. The van der Waals surface area contributed by atoms with Crippen LogP contribution in [0.25, 0.3) is 22.0 Å². The van der Waals surface area contributed by atoms with Crippen LogP contribution in [0, 0.1) is 5.82 Å². The van der Waals surface area contributed by atoms with E-state index in [1.165, 1.54) is 6.07 Å². The first-order chi connectivity index (χ1) is 11.6. The lowest BCUT2D eigenvalue weighted by atomic mass is 10.0. The molecule has 3 aromatic rings. The molecule has 1 aromatic heterocycles. The third kappa shape index (κ3) is 3.13. The number of halogens is 1. The summed E-state index contributed by atoms with van der Waals surface area (Å²) in [6, 6.07) is 15.9. The average molecular weight is 322 g/mol. The number of amides is 1. The van der Waals surface area contributed by atoms with Crippen molar-refractivity contribution in [3.63, 3.8) is 0 Å². The van der Waals surface area contributed by atoms with E-state index in [0.717, 1.165) is 17.2 Å². The molecule has 1 unspecified atom stereocenters. The van der Waals surface area contributed by atoms with Gasteiger partial charge in [-0.3, -0.25) is 4.79 Å². The van der Waals surface area contributed by atoms with E-state index in [4.69, 9.17) is 0 Å². The molecule has 0 aliphatic heterocycles. The predicted molar refractivity (Wildman–Crippen MR) is 94.4 cm³/mol. The Kier molecular flexibility index (Phi) is 4.56. The molecule has 0 aliphatic carbocycles. The third-order valence-electron chi connectivity index (χ3n) is 4.09. The quantitative estimate of drug-likeness (QED) is 0.764. The van der Waals surface area contributed by atoms with Gasteiger partial charge in [0.05, 0.1) is 5.69 Å². The fraction of sp³-hybridized carbons (Fsp3) is 0.200. The minimum atomic E-state index is -0.352. The van der Waals surface area contributed by atoms with Crippen LogP contribution in [0.2, 0.25) is 0 Å². The largest absolute Gasteiger partial charge is 0.348 e. The van der Waals surface area contributed by atoms with E-state index in [9.17, 15) is 9.18 Å². The Morgan fingerprint density at radius 3 is 2.62 bits per heavy atom.